The Hall–Kier alpha value is -9.13. The van der Waals surface area contributed by atoms with Crippen LogP contribution in [0.4, 0.5) is 4.79 Å². The lowest BCUT2D eigenvalue weighted by atomic mass is 9.51. The summed E-state index contributed by atoms with van der Waals surface area (Å²) in [5.41, 5.74) is 9.91. The van der Waals surface area contributed by atoms with Crippen LogP contribution in [0.5, 0.6) is 46.0 Å². The quantitative estimate of drug-likeness (QED) is 0.0317. The maximum absolute atomic E-state index is 16.7. The minimum atomic E-state index is -2.24. The van der Waals surface area contributed by atoms with Crippen molar-refractivity contribution in [2.75, 3.05) is 13.2 Å². The molecule has 16 rings (SSSR count). The molecule has 5 aromatic carbocycles. The number of phenols is 3. The summed E-state index contributed by atoms with van der Waals surface area (Å²) in [7, 11) is 0. The van der Waals surface area contributed by atoms with Gasteiger partial charge in [-0.25, -0.2) is 4.79 Å². The molecule has 4 aliphatic carbocycles. The van der Waals surface area contributed by atoms with Crippen LogP contribution in [0.15, 0.2) is 78.9 Å². The van der Waals surface area contributed by atoms with Crippen LogP contribution in [-0.2, 0) is 52.6 Å². The maximum atomic E-state index is 16.7. The van der Waals surface area contributed by atoms with Crippen LogP contribution in [0.25, 0.3) is 11.1 Å². The number of aliphatic hydroxyl groups excluding tert-OH is 6. The van der Waals surface area contributed by atoms with E-state index in [9.17, 15) is 60.3 Å². The molecule has 15 bridgehead atoms. The number of amides is 7. The van der Waals surface area contributed by atoms with Gasteiger partial charge in [0.05, 0.1) is 46.7 Å². The van der Waals surface area contributed by atoms with Gasteiger partial charge in [-0.2, -0.15) is 0 Å². The molecule has 9 unspecified atom stereocenters. The van der Waals surface area contributed by atoms with Crippen LogP contribution in [0, 0.1) is 41.4 Å². The van der Waals surface area contributed by atoms with Crippen LogP contribution in [-0.4, -0.2) is 185 Å². The molecule has 2 saturated heterocycles. The van der Waals surface area contributed by atoms with E-state index in [1.807, 2.05) is 0 Å². The number of fused-ring (bicyclic) bond motifs is 15. The van der Waals surface area contributed by atoms with E-state index < -0.39 is 222 Å². The van der Waals surface area contributed by atoms with Crippen LogP contribution < -0.4 is 57.6 Å². The average molecular weight is 1720 g/mol. The lowest BCUT2D eigenvalue weighted by Crippen LogP contribution is -2.64. The standard InChI is InChI=1S/C87H108Cl2N8O24/c1-6-7-8-9-10-11-18-92-86(115)93-67(105)31-48-28-59(102)72(96-83(113)56(90)19-38(2)3)74(106)43-13-16-62(54(88)26-43)117-64-29-47-30-65(78(64)121-85-79(77(109)76(108)66(37-98)119-85)120-68-36-87(5,91)80(110)39(4)116-68)118-63-17-14-44(27-55(63)89)75(107)73-84(114)95-71(61(104)34-50-45-21-40-20-41(23-45)24-46(50)22-40)53-32-49(99)33-58(101)69(53)52-25-42(12-15-57(52)100)51(82(112)97-73)35-60(103)70(47)94-81(48)111/h12-17,25-27,29-30,32-33,38-41,45-46,48,50-51,56,66,68,70-77,79-80,85,98-101,106-110H,6-11,18-24,28,31,34-37,90-91H2,1-5H3,(H,94,111)(H,95,114)(H,96,113)(H,97,112)(H2,92,93,105,115)/t39?,40?,41?,45?,46?,48-,50?,51+,56+,66?,68?,70+,71-,72-,73+,74+,75+,76?,77?,79?,80?,85?,87?/m0/s1. The van der Waals surface area contributed by atoms with Crippen molar-refractivity contribution in [3.8, 4) is 57.1 Å². The Kier molecular flexibility index (Phi) is 28.1. The molecule has 5 aromatic rings. The largest absolute Gasteiger partial charge is 0.508 e. The van der Waals surface area contributed by atoms with E-state index >= 15 is 28.8 Å². The number of hydrogen-bond donors (Lipinski definition) is 17. The van der Waals surface area contributed by atoms with Crippen LogP contribution in [0.1, 0.15) is 202 Å². The number of phenolic OH excluding ortho intramolecular Hbond substituents is 3. The summed E-state index contributed by atoms with van der Waals surface area (Å²) in [5.74, 6) is -15.8. The Morgan fingerprint density at radius 1 is 0.686 bits per heavy atom. The zero-order valence-corrected chi connectivity index (χ0v) is 69.3. The predicted molar refractivity (Wildman–Crippen MR) is 435 cm³/mol. The number of ketones is 3. The summed E-state index contributed by atoms with van der Waals surface area (Å²) in [6.45, 7) is 7.85. The highest BCUT2D eigenvalue weighted by Crippen LogP contribution is 2.58. The van der Waals surface area contributed by atoms with Crippen LogP contribution in [0.2, 0.25) is 10.0 Å². The molecule has 34 heteroatoms. The molecule has 32 nitrogen and oxygen atoms in total. The summed E-state index contributed by atoms with van der Waals surface area (Å²) >= 11 is 14.5. The normalized spacial score (nSPS) is 31.1. The number of aliphatic hydroxyl groups is 6. The monoisotopic (exact) mass is 1720 g/mol. The number of benzene rings is 5. The number of urea groups is 1. The molecule has 0 radical (unpaired) electrons. The highest BCUT2D eigenvalue weighted by Gasteiger charge is 2.53. The molecule has 18 atom stereocenters. The van der Waals surface area contributed by atoms with Gasteiger partial charge in [0.2, 0.25) is 41.6 Å². The summed E-state index contributed by atoms with van der Waals surface area (Å²) in [6.07, 6.45) is -10.9. The number of imide groups is 1. The molecule has 11 aliphatic rings. The average Bonchev–Trinajstić information content (AvgIpc) is 0.761. The van der Waals surface area contributed by atoms with Crippen molar-refractivity contribution in [3.05, 3.63) is 117 Å². The lowest BCUT2D eigenvalue weighted by Gasteiger charge is -2.54. The molecule has 7 aliphatic heterocycles. The van der Waals surface area contributed by atoms with Crippen molar-refractivity contribution < 1.29 is 118 Å². The molecule has 0 aromatic heterocycles. The number of Topliss-reactive ketones (excluding diaryl/α,β-unsaturated/α-hetero) is 3. The second-order valence-corrected chi connectivity index (χ2v) is 35.4. The van der Waals surface area contributed by atoms with Gasteiger partial charge in [-0.1, -0.05) is 94.3 Å². The second-order valence-electron chi connectivity index (χ2n) is 34.6. The number of halogens is 2. The van der Waals surface area contributed by atoms with E-state index in [4.69, 9.17) is 63.1 Å². The van der Waals surface area contributed by atoms with Gasteiger partial charge in [-0.15, -0.1) is 0 Å². The highest BCUT2D eigenvalue weighted by atomic mass is 35.5. The van der Waals surface area contributed by atoms with Crippen molar-refractivity contribution in [2.24, 2.45) is 52.9 Å². The van der Waals surface area contributed by atoms with Gasteiger partial charge in [-0.3, -0.25) is 43.7 Å². The van der Waals surface area contributed by atoms with Gasteiger partial charge in [0.25, 0.3) is 0 Å². The summed E-state index contributed by atoms with van der Waals surface area (Å²) in [5, 5.41) is 122. The Balaban J connectivity index is 1.00. The lowest BCUT2D eigenvalue weighted by molar-refractivity contribution is -0.333. The van der Waals surface area contributed by atoms with E-state index in [0.29, 0.717) is 18.3 Å². The number of nitrogens with one attached hydrogen (secondary N) is 6. The van der Waals surface area contributed by atoms with E-state index in [0.717, 1.165) is 101 Å². The number of hydrogen-bond acceptors (Lipinski definition) is 26. The number of carbonyl (C=O) groups is 9. The third kappa shape index (κ3) is 20.1. The van der Waals surface area contributed by atoms with E-state index in [1.165, 1.54) is 56.3 Å². The van der Waals surface area contributed by atoms with Gasteiger partial charge in [0, 0.05) is 61.4 Å². The molecule has 4 saturated carbocycles. The fourth-order valence-electron chi connectivity index (χ4n) is 18.9. The van der Waals surface area contributed by atoms with Gasteiger partial charge >= 0.3 is 6.03 Å². The second kappa shape index (κ2) is 37.9. The predicted octanol–water partition coefficient (Wildman–Crippen LogP) is 7.47. The third-order valence-electron chi connectivity index (χ3n) is 25.0. The Labute approximate surface area is 708 Å². The fraction of sp³-hybridized carbons (Fsp3) is 0.552. The minimum absolute atomic E-state index is 0.0784. The van der Waals surface area contributed by atoms with Crippen molar-refractivity contribution in [3.63, 3.8) is 0 Å². The summed E-state index contributed by atoms with van der Waals surface area (Å²) in [4.78, 5) is 138. The smallest absolute Gasteiger partial charge is 0.321 e. The molecule has 121 heavy (non-hydrogen) atoms. The summed E-state index contributed by atoms with van der Waals surface area (Å²) < 4.78 is 39.1. The van der Waals surface area contributed by atoms with Gasteiger partial charge in [-0.05, 0) is 177 Å². The van der Waals surface area contributed by atoms with E-state index in [1.54, 1.807) is 13.8 Å². The minimum Gasteiger partial charge on any atom is -0.508 e. The summed E-state index contributed by atoms with van der Waals surface area (Å²) in [6, 6.07) is 4.72. The van der Waals surface area contributed by atoms with Crippen LogP contribution in [0.3, 0.4) is 0 Å². The number of nitrogens with two attached hydrogens (primary N) is 2. The number of carbonyl (C=O) groups excluding carboxylic acids is 9. The van der Waals surface area contributed by atoms with Gasteiger partial charge < -0.3 is 112 Å². The number of rotatable bonds is 21. The fourth-order valence-corrected chi connectivity index (χ4v) is 19.4. The SMILES string of the molecule is CCCCCCCCNC(=O)NC(=O)C[C@@H]1CC(=O)[C@H](NC(=O)[C@H](N)CC(C)C)[C@H](O)c2ccc(c(Cl)c2)Oc2cc3cc(c2OC2OC(CO)C(O)C(O)C2OC2CC(C)(N)C(O)C(C)O2)Oc2ccc(cc2Cl)[C@@H](O)[C@H]2NC(=O)[C@H](CC(=O)[C@@H]3NC1=O)c1ccc(O)c(c1)-c1c(O)cc(O)cc1[C@@H](C(=O)CC1C3CC4CC(C3)CC1C4)NC2=O. The van der Waals surface area contributed by atoms with Crippen molar-refractivity contribution in [2.45, 2.75) is 247 Å². The zero-order chi connectivity index (χ0) is 86.9. The first-order chi connectivity index (χ1) is 57.5. The van der Waals surface area contributed by atoms with Crippen molar-refractivity contribution >= 4 is 76.1 Å². The van der Waals surface area contributed by atoms with Crippen molar-refractivity contribution in [1.82, 2.24) is 31.9 Å². The van der Waals surface area contributed by atoms with Gasteiger partial charge in [0.1, 0.15) is 83.4 Å². The number of unbranched alkanes of at least 4 members (excludes halogenated alkanes) is 5. The number of ether oxygens (including phenoxy) is 6. The molecule has 7 heterocycles. The van der Waals surface area contributed by atoms with Crippen molar-refractivity contribution in [1.29, 1.82) is 0 Å². The van der Waals surface area contributed by atoms with Gasteiger partial charge in [0.15, 0.2) is 41.2 Å². The first kappa shape index (κ1) is 89.6. The Morgan fingerprint density at radius 2 is 1.32 bits per heavy atom. The first-order valence-electron chi connectivity index (χ1n) is 41.6. The molecular formula is C87H108Cl2N8O24. The van der Waals surface area contributed by atoms with E-state index in [-0.39, 0.29) is 110 Å². The topological polar surface area (TPSA) is 515 Å². The molecule has 654 valence electrons. The zero-order valence-electron chi connectivity index (χ0n) is 67.8. The number of aromatic hydroxyl groups is 3. The Morgan fingerprint density at radius 3 is 1.95 bits per heavy atom. The molecular weight excluding hydrogens is 1610 g/mol. The Bertz CT molecular complexity index is 4720. The third-order valence-corrected chi connectivity index (χ3v) is 25.6. The highest BCUT2D eigenvalue weighted by molar-refractivity contribution is 6.32. The molecule has 7 amide bonds. The first-order valence-corrected chi connectivity index (χ1v) is 42.4. The molecule has 19 N–H and O–H groups in total. The maximum Gasteiger partial charge on any atom is 0.321 e. The molecule has 6 fully saturated rings. The van der Waals surface area contributed by atoms with E-state index in [2.05, 4.69) is 38.8 Å². The van der Waals surface area contributed by atoms with Crippen LogP contribution >= 0.6 is 23.2 Å². The molecule has 0 spiro atoms.